The monoisotopic (exact) mass is 439 g/mol. The van der Waals surface area contributed by atoms with Gasteiger partial charge in [-0.05, 0) is 23.8 Å². The van der Waals surface area contributed by atoms with Crippen molar-refractivity contribution in [3.63, 3.8) is 0 Å². The molecule has 2 heterocycles. The molecule has 0 bridgehead atoms. The van der Waals surface area contributed by atoms with E-state index in [-0.39, 0.29) is 17.5 Å². The Hall–Kier alpha value is -2.77. The number of aromatic amines is 1. The smallest absolute Gasteiger partial charge is 0.253 e. The predicted octanol–water partition coefficient (Wildman–Crippen LogP) is 4.27. The third-order valence-corrected chi connectivity index (χ3v) is 5.49. The van der Waals surface area contributed by atoms with Gasteiger partial charge < -0.3 is 10.3 Å². The molecule has 1 atom stereocenters. The highest BCUT2D eigenvalue weighted by molar-refractivity contribution is 9.10. The highest BCUT2D eigenvalue weighted by atomic mass is 79.9. The van der Waals surface area contributed by atoms with Gasteiger partial charge in [0.15, 0.2) is 0 Å². The quantitative estimate of drug-likeness (QED) is 0.498. The van der Waals surface area contributed by atoms with Crippen molar-refractivity contribution < 1.29 is 4.79 Å². The lowest BCUT2D eigenvalue weighted by atomic mass is 10.1. The van der Waals surface area contributed by atoms with E-state index in [1.165, 1.54) is 17.4 Å². The molecule has 0 saturated carbocycles. The highest BCUT2D eigenvalue weighted by Gasteiger charge is 2.21. The number of benzene rings is 2. The third kappa shape index (κ3) is 3.70. The van der Waals surface area contributed by atoms with Crippen LogP contribution in [0.4, 0.5) is 0 Å². The molecule has 7 heteroatoms. The molecule has 2 aromatic carbocycles. The van der Waals surface area contributed by atoms with Gasteiger partial charge in [-0.2, -0.15) is 0 Å². The van der Waals surface area contributed by atoms with Crippen LogP contribution in [0.5, 0.6) is 0 Å². The zero-order chi connectivity index (χ0) is 18.8. The van der Waals surface area contributed by atoms with Gasteiger partial charge in [-0.15, -0.1) is 11.3 Å². The maximum Gasteiger partial charge on any atom is 0.253 e. The molecule has 5 nitrogen and oxygen atoms in total. The maximum atomic E-state index is 13.1. The number of pyridine rings is 1. The Bertz CT molecular complexity index is 1160. The Morgan fingerprint density at radius 3 is 2.70 bits per heavy atom. The molecule has 27 heavy (non-hydrogen) atoms. The van der Waals surface area contributed by atoms with Gasteiger partial charge in [-0.3, -0.25) is 9.59 Å². The fourth-order valence-corrected chi connectivity index (χ4v) is 4.01. The molecule has 0 saturated heterocycles. The van der Waals surface area contributed by atoms with Crippen LogP contribution < -0.4 is 10.9 Å². The van der Waals surface area contributed by atoms with Crippen LogP contribution in [-0.2, 0) is 0 Å². The second kappa shape index (κ2) is 7.46. The first-order valence-electron chi connectivity index (χ1n) is 8.19. The van der Waals surface area contributed by atoms with Crippen molar-refractivity contribution >= 4 is 44.1 Å². The van der Waals surface area contributed by atoms with Crippen LogP contribution >= 0.6 is 27.3 Å². The van der Waals surface area contributed by atoms with E-state index < -0.39 is 0 Å². The number of nitrogens with zero attached hydrogens (tertiary/aromatic N) is 1. The number of H-pyrrole nitrogens is 1. The average molecular weight is 440 g/mol. The normalized spacial score (nSPS) is 12.0. The van der Waals surface area contributed by atoms with E-state index >= 15 is 0 Å². The van der Waals surface area contributed by atoms with Crippen molar-refractivity contribution in [2.75, 3.05) is 0 Å². The summed E-state index contributed by atoms with van der Waals surface area (Å²) in [5, 5.41) is 6.36. The van der Waals surface area contributed by atoms with E-state index in [1.54, 1.807) is 12.3 Å². The highest BCUT2D eigenvalue weighted by Crippen LogP contribution is 2.26. The molecule has 0 fully saturated rings. The molecule has 1 amide bonds. The molecule has 0 aliphatic heterocycles. The number of carbonyl (C=O) groups is 1. The summed E-state index contributed by atoms with van der Waals surface area (Å²) in [6.07, 6.45) is 1.71. The number of aromatic nitrogens is 2. The summed E-state index contributed by atoms with van der Waals surface area (Å²) in [5.74, 6) is -0.326. The van der Waals surface area contributed by atoms with Crippen molar-refractivity contribution in [1.29, 1.82) is 0 Å². The van der Waals surface area contributed by atoms with Crippen LogP contribution in [0, 0.1) is 0 Å². The Balaban J connectivity index is 1.77. The molecule has 4 aromatic rings. The summed E-state index contributed by atoms with van der Waals surface area (Å²) in [5.41, 5.74) is 1.55. The van der Waals surface area contributed by atoms with Crippen LogP contribution in [0.3, 0.4) is 0 Å². The first-order valence-corrected chi connectivity index (χ1v) is 9.87. The Morgan fingerprint density at radius 2 is 1.96 bits per heavy atom. The van der Waals surface area contributed by atoms with Crippen LogP contribution in [0.2, 0.25) is 0 Å². The van der Waals surface area contributed by atoms with Crippen LogP contribution in [0.15, 0.2) is 75.4 Å². The first-order chi connectivity index (χ1) is 13.1. The molecule has 134 valence electrons. The van der Waals surface area contributed by atoms with E-state index in [9.17, 15) is 9.59 Å². The van der Waals surface area contributed by atoms with Gasteiger partial charge in [-0.1, -0.05) is 46.3 Å². The molecule has 1 unspecified atom stereocenters. The summed E-state index contributed by atoms with van der Waals surface area (Å²) >= 11 is 4.89. The minimum absolute atomic E-state index is 0.319. The molecular formula is C20H14BrN3O2S. The van der Waals surface area contributed by atoms with Gasteiger partial charge in [-0.25, -0.2) is 4.98 Å². The molecule has 2 N–H and O–H groups in total. The minimum atomic E-state index is -0.389. The van der Waals surface area contributed by atoms with Gasteiger partial charge in [0, 0.05) is 33.0 Å². The summed E-state index contributed by atoms with van der Waals surface area (Å²) in [6.45, 7) is 0. The van der Waals surface area contributed by atoms with Crippen molar-refractivity contribution in [3.8, 4) is 0 Å². The topological polar surface area (TPSA) is 74.8 Å². The van der Waals surface area contributed by atoms with Crippen molar-refractivity contribution in [3.05, 3.63) is 97.1 Å². The second-order valence-electron chi connectivity index (χ2n) is 5.92. The first kappa shape index (κ1) is 17.6. The van der Waals surface area contributed by atoms with E-state index in [0.29, 0.717) is 16.5 Å². The molecule has 2 aromatic heterocycles. The number of nitrogens with one attached hydrogen (secondary N) is 2. The van der Waals surface area contributed by atoms with E-state index in [1.807, 2.05) is 47.8 Å². The lowest BCUT2D eigenvalue weighted by molar-refractivity contribution is 0.0944. The minimum Gasteiger partial charge on any atom is -0.339 e. The molecule has 0 aliphatic rings. The number of fused-ring (bicyclic) bond motifs is 1. The van der Waals surface area contributed by atoms with Crippen molar-refractivity contribution in [2.45, 2.75) is 6.04 Å². The lowest BCUT2D eigenvalue weighted by Gasteiger charge is -2.18. The largest absolute Gasteiger partial charge is 0.339 e. The van der Waals surface area contributed by atoms with E-state index in [2.05, 4.69) is 31.2 Å². The van der Waals surface area contributed by atoms with Gasteiger partial charge >= 0.3 is 0 Å². The van der Waals surface area contributed by atoms with Crippen LogP contribution in [0.1, 0.15) is 27.0 Å². The van der Waals surface area contributed by atoms with Gasteiger partial charge in [0.2, 0.25) is 5.56 Å². The SMILES string of the molecule is O=C(NC(c1ccccc1)c1nccs1)c1cc(=O)[nH]c2ccc(Br)cc12. The number of hydrogen-bond acceptors (Lipinski definition) is 4. The number of hydrogen-bond donors (Lipinski definition) is 2. The Morgan fingerprint density at radius 1 is 1.15 bits per heavy atom. The van der Waals surface area contributed by atoms with Crippen molar-refractivity contribution in [1.82, 2.24) is 15.3 Å². The fourth-order valence-electron chi connectivity index (χ4n) is 2.93. The average Bonchev–Trinajstić information content (AvgIpc) is 3.21. The number of amides is 1. The number of thiazole rings is 1. The van der Waals surface area contributed by atoms with Crippen LogP contribution in [-0.4, -0.2) is 15.9 Å². The molecule has 0 spiro atoms. The third-order valence-electron chi connectivity index (χ3n) is 4.16. The second-order valence-corrected chi connectivity index (χ2v) is 7.77. The number of halogens is 1. The molecule has 4 rings (SSSR count). The Labute approximate surface area is 167 Å². The maximum absolute atomic E-state index is 13.1. The predicted molar refractivity (Wildman–Crippen MR) is 110 cm³/mol. The summed E-state index contributed by atoms with van der Waals surface area (Å²) in [7, 11) is 0. The molecule has 0 aliphatic carbocycles. The van der Waals surface area contributed by atoms with Crippen molar-refractivity contribution in [2.24, 2.45) is 0 Å². The van der Waals surface area contributed by atoms with Crippen LogP contribution in [0.25, 0.3) is 10.9 Å². The van der Waals surface area contributed by atoms with E-state index in [4.69, 9.17) is 0 Å². The van der Waals surface area contributed by atoms with E-state index in [0.717, 1.165) is 15.0 Å². The zero-order valence-electron chi connectivity index (χ0n) is 14.0. The summed E-state index contributed by atoms with van der Waals surface area (Å²) < 4.78 is 0.829. The number of carbonyl (C=O) groups excluding carboxylic acids is 1. The molecule has 0 radical (unpaired) electrons. The van der Waals surface area contributed by atoms with Gasteiger partial charge in [0.05, 0.1) is 5.56 Å². The number of rotatable bonds is 4. The van der Waals surface area contributed by atoms with Gasteiger partial charge in [0.25, 0.3) is 5.91 Å². The fraction of sp³-hybridized carbons (Fsp3) is 0.0500. The summed E-state index contributed by atoms with van der Waals surface area (Å²) in [6, 6.07) is 16.0. The zero-order valence-corrected chi connectivity index (χ0v) is 16.4. The standard InChI is InChI=1S/C20H14BrN3O2S/c21-13-6-7-16-14(10-13)15(11-17(25)23-16)19(26)24-18(20-22-8-9-27-20)12-4-2-1-3-5-12/h1-11,18H,(H,23,25)(H,24,26). The summed E-state index contributed by atoms with van der Waals surface area (Å²) in [4.78, 5) is 32.2. The molecular weight excluding hydrogens is 426 g/mol. The lowest BCUT2D eigenvalue weighted by Crippen LogP contribution is -2.30. The Kier molecular flexibility index (Phi) is 4.87. The van der Waals surface area contributed by atoms with Gasteiger partial charge in [0.1, 0.15) is 11.0 Å².